The van der Waals surface area contributed by atoms with Gasteiger partial charge >= 0.3 is 5.97 Å². The van der Waals surface area contributed by atoms with Crippen molar-refractivity contribution in [1.29, 1.82) is 0 Å². The van der Waals surface area contributed by atoms with Gasteiger partial charge in [0.05, 0.1) is 5.56 Å². The van der Waals surface area contributed by atoms with E-state index in [1.807, 2.05) is 54.6 Å². The van der Waals surface area contributed by atoms with E-state index in [4.69, 9.17) is 0 Å². The smallest absolute Gasteiger partial charge is 0.336 e. The van der Waals surface area contributed by atoms with Gasteiger partial charge in [-0.3, -0.25) is 0 Å². The van der Waals surface area contributed by atoms with Gasteiger partial charge in [-0.1, -0.05) is 54.6 Å². The number of carbonyl (C=O) groups is 1. The van der Waals surface area contributed by atoms with E-state index in [0.29, 0.717) is 5.56 Å². The first kappa shape index (κ1) is 13.7. The first-order valence-electron chi connectivity index (χ1n) is 6.77. The van der Waals surface area contributed by atoms with Gasteiger partial charge in [0.25, 0.3) is 0 Å². The van der Waals surface area contributed by atoms with Crippen molar-refractivity contribution in [1.82, 2.24) is 0 Å². The van der Waals surface area contributed by atoms with Crippen LogP contribution in [-0.2, 0) is 5.75 Å². The summed E-state index contributed by atoms with van der Waals surface area (Å²) in [5.74, 6) is -0.0837. The molecule has 0 fully saturated rings. The van der Waals surface area contributed by atoms with E-state index >= 15 is 0 Å². The summed E-state index contributed by atoms with van der Waals surface area (Å²) >= 11 is 0. The van der Waals surface area contributed by atoms with Crippen LogP contribution >= 0.6 is 10.9 Å². The number of carboxylic acid groups (broad SMARTS) is 1. The van der Waals surface area contributed by atoms with E-state index in [1.165, 1.54) is 0 Å². The monoisotopic (exact) mass is 296 g/mol. The van der Waals surface area contributed by atoms with E-state index in [9.17, 15) is 9.90 Å². The SMILES string of the molecule is O=C(O)c1cccc(-c2ccccc2)c1C[SH]1C=CC=C1. The van der Waals surface area contributed by atoms with Crippen LogP contribution in [0.2, 0.25) is 0 Å². The van der Waals surface area contributed by atoms with E-state index in [0.717, 1.165) is 22.4 Å². The first-order chi connectivity index (χ1) is 10.3. The number of aromatic carboxylic acids is 1. The van der Waals surface area contributed by atoms with Crippen molar-refractivity contribution in [2.45, 2.75) is 5.75 Å². The molecule has 2 aromatic carbocycles. The summed E-state index contributed by atoms with van der Waals surface area (Å²) in [5, 5.41) is 13.8. The minimum absolute atomic E-state index is 0.393. The highest BCUT2D eigenvalue weighted by Crippen LogP contribution is 2.40. The van der Waals surface area contributed by atoms with Crippen LogP contribution in [0.3, 0.4) is 0 Å². The molecule has 0 spiro atoms. The van der Waals surface area contributed by atoms with Crippen molar-refractivity contribution >= 4 is 16.9 Å². The molecule has 106 valence electrons. The van der Waals surface area contributed by atoms with Gasteiger partial charge in [0.2, 0.25) is 0 Å². The Bertz CT molecular complexity index is 705. The fraction of sp³-hybridized carbons (Fsp3) is 0.0556. The molecule has 1 aliphatic rings. The topological polar surface area (TPSA) is 37.3 Å². The van der Waals surface area contributed by atoms with Crippen LogP contribution in [0.15, 0.2) is 71.5 Å². The largest absolute Gasteiger partial charge is 0.478 e. The molecule has 3 rings (SSSR count). The normalized spacial score (nSPS) is 14.6. The zero-order valence-electron chi connectivity index (χ0n) is 11.4. The van der Waals surface area contributed by atoms with Crippen LogP contribution in [0.25, 0.3) is 11.1 Å². The molecular weight excluding hydrogens is 280 g/mol. The van der Waals surface area contributed by atoms with Crippen LogP contribution < -0.4 is 0 Å². The predicted octanol–water partition coefficient (Wildman–Crippen LogP) is 4.59. The molecule has 0 saturated heterocycles. The second kappa shape index (κ2) is 6.02. The van der Waals surface area contributed by atoms with Crippen LogP contribution in [0.5, 0.6) is 0 Å². The molecule has 1 N–H and O–H groups in total. The molecule has 1 heterocycles. The van der Waals surface area contributed by atoms with Crippen molar-refractivity contribution < 1.29 is 9.90 Å². The summed E-state index contributed by atoms with van der Waals surface area (Å²) in [6.45, 7) is 0. The fourth-order valence-electron chi connectivity index (χ4n) is 2.50. The molecule has 0 saturated carbocycles. The lowest BCUT2D eigenvalue weighted by Crippen LogP contribution is -2.04. The van der Waals surface area contributed by atoms with Crippen molar-refractivity contribution in [2.24, 2.45) is 0 Å². The van der Waals surface area contributed by atoms with Crippen molar-refractivity contribution in [3.05, 3.63) is 82.6 Å². The number of carboxylic acids is 1. The second-order valence-electron chi connectivity index (χ2n) is 4.86. The number of thiol groups is 1. The highest BCUT2D eigenvalue weighted by molar-refractivity contribution is 8.21. The molecule has 0 aromatic heterocycles. The van der Waals surface area contributed by atoms with Crippen LogP contribution in [0, 0.1) is 0 Å². The molecule has 0 amide bonds. The van der Waals surface area contributed by atoms with Gasteiger partial charge in [0.1, 0.15) is 0 Å². The van der Waals surface area contributed by atoms with Gasteiger partial charge in [-0.05, 0) is 33.6 Å². The number of benzene rings is 2. The Balaban J connectivity index is 2.10. The average molecular weight is 296 g/mol. The van der Waals surface area contributed by atoms with E-state index in [1.54, 1.807) is 6.07 Å². The third kappa shape index (κ3) is 2.93. The summed E-state index contributed by atoms with van der Waals surface area (Å²) in [7, 11) is -0.393. The second-order valence-corrected chi connectivity index (χ2v) is 6.80. The lowest BCUT2D eigenvalue weighted by molar-refractivity contribution is 0.0696. The molecule has 0 atom stereocenters. The fourth-order valence-corrected chi connectivity index (χ4v) is 4.16. The van der Waals surface area contributed by atoms with E-state index in [2.05, 4.69) is 10.8 Å². The maximum atomic E-state index is 11.6. The number of allylic oxidation sites excluding steroid dienone is 2. The van der Waals surface area contributed by atoms with Crippen molar-refractivity contribution in [2.75, 3.05) is 0 Å². The highest BCUT2D eigenvalue weighted by atomic mass is 32.2. The zero-order chi connectivity index (χ0) is 14.7. The summed E-state index contributed by atoms with van der Waals surface area (Å²) in [6, 6.07) is 15.5. The number of rotatable bonds is 4. The molecule has 0 aliphatic carbocycles. The van der Waals surface area contributed by atoms with Gasteiger partial charge < -0.3 is 5.11 Å². The Hall–Kier alpha value is -2.26. The Labute approximate surface area is 126 Å². The van der Waals surface area contributed by atoms with Crippen molar-refractivity contribution in [3.8, 4) is 11.1 Å². The van der Waals surface area contributed by atoms with Gasteiger partial charge in [0, 0.05) is 5.75 Å². The number of hydrogen-bond donors (Lipinski definition) is 2. The maximum Gasteiger partial charge on any atom is 0.336 e. The molecule has 0 radical (unpaired) electrons. The molecule has 3 heteroatoms. The first-order valence-corrected chi connectivity index (χ1v) is 8.43. The molecule has 21 heavy (non-hydrogen) atoms. The Morgan fingerprint density at radius 1 is 0.952 bits per heavy atom. The van der Waals surface area contributed by atoms with Crippen LogP contribution in [-0.4, -0.2) is 11.1 Å². The summed E-state index contributed by atoms with van der Waals surface area (Å²) < 4.78 is 0. The predicted molar refractivity (Wildman–Crippen MR) is 89.8 cm³/mol. The molecular formula is C18H16O2S. The minimum Gasteiger partial charge on any atom is -0.478 e. The van der Waals surface area contributed by atoms with Gasteiger partial charge in [-0.2, -0.15) is 0 Å². The lowest BCUT2D eigenvalue weighted by Gasteiger charge is -2.17. The summed E-state index contributed by atoms with van der Waals surface area (Å²) in [4.78, 5) is 11.6. The maximum absolute atomic E-state index is 11.6. The molecule has 1 aliphatic heterocycles. The third-order valence-electron chi connectivity index (χ3n) is 3.50. The minimum atomic E-state index is -0.857. The molecule has 0 unspecified atom stereocenters. The van der Waals surface area contributed by atoms with Crippen LogP contribution in [0.4, 0.5) is 0 Å². The molecule has 0 bridgehead atoms. The number of hydrogen-bond acceptors (Lipinski definition) is 1. The van der Waals surface area contributed by atoms with E-state index in [-0.39, 0.29) is 0 Å². The average Bonchev–Trinajstić information content (AvgIpc) is 3.01. The van der Waals surface area contributed by atoms with Crippen LogP contribution in [0.1, 0.15) is 15.9 Å². The highest BCUT2D eigenvalue weighted by Gasteiger charge is 2.16. The Morgan fingerprint density at radius 2 is 1.67 bits per heavy atom. The van der Waals surface area contributed by atoms with Gasteiger partial charge in [0.15, 0.2) is 0 Å². The standard InChI is InChI=1S/C18H16O2S/c19-18(20)16-10-6-9-15(14-7-2-1-3-8-14)17(16)13-21-11-4-5-12-21/h1-12,21H,13H2,(H,19,20). The summed E-state index contributed by atoms with van der Waals surface area (Å²) in [5.41, 5.74) is 3.43. The van der Waals surface area contributed by atoms with Gasteiger partial charge in [-0.25, -0.2) is 15.7 Å². The Morgan fingerprint density at radius 3 is 2.33 bits per heavy atom. The van der Waals surface area contributed by atoms with Gasteiger partial charge in [-0.15, -0.1) is 0 Å². The lowest BCUT2D eigenvalue weighted by atomic mass is 9.96. The Kier molecular flexibility index (Phi) is 3.93. The third-order valence-corrected chi connectivity index (χ3v) is 5.29. The van der Waals surface area contributed by atoms with Crippen molar-refractivity contribution in [3.63, 3.8) is 0 Å². The molecule has 2 aromatic rings. The quantitative estimate of drug-likeness (QED) is 0.809. The summed E-state index contributed by atoms with van der Waals surface area (Å²) in [6.07, 6.45) is 4.08. The van der Waals surface area contributed by atoms with E-state index < -0.39 is 16.9 Å². The zero-order valence-corrected chi connectivity index (χ0v) is 12.3. The molecule has 2 nitrogen and oxygen atoms in total.